The number of hydrogen-bond donors (Lipinski definition) is 1. The predicted octanol–water partition coefficient (Wildman–Crippen LogP) is 4.02. The fourth-order valence-electron chi connectivity index (χ4n) is 4.68. The van der Waals surface area contributed by atoms with Gasteiger partial charge in [-0.25, -0.2) is 4.98 Å². The zero-order valence-corrected chi connectivity index (χ0v) is 18.6. The van der Waals surface area contributed by atoms with Crippen molar-refractivity contribution in [1.29, 1.82) is 0 Å². The van der Waals surface area contributed by atoms with Crippen LogP contribution in [0.1, 0.15) is 63.5 Å². The van der Waals surface area contributed by atoms with Gasteiger partial charge in [-0.1, -0.05) is 26.0 Å². The third-order valence-electron chi connectivity index (χ3n) is 6.57. The molecule has 164 valence electrons. The second kappa shape index (κ2) is 9.04. The molecule has 0 atom stereocenters. The summed E-state index contributed by atoms with van der Waals surface area (Å²) >= 11 is 0. The smallest absolute Gasteiger partial charge is 0.233 e. The Morgan fingerprint density at radius 1 is 1.16 bits per heavy atom. The third kappa shape index (κ3) is 4.40. The fourth-order valence-corrected chi connectivity index (χ4v) is 4.68. The molecule has 4 rings (SSSR count). The van der Waals surface area contributed by atoms with Crippen LogP contribution in [0.5, 0.6) is 0 Å². The maximum Gasteiger partial charge on any atom is 0.233 e. The van der Waals surface area contributed by atoms with Crippen molar-refractivity contribution >= 4 is 29.3 Å². The van der Waals surface area contributed by atoms with Gasteiger partial charge in [-0.2, -0.15) is 4.98 Å². The fraction of sp³-hybridized carbons (Fsp3) is 0.500. The van der Waals surface area contributed by atoms with Crippen molar-refractivity contribution in [2.45, 2.75) is 64.8 Å². The van der Waals surface area contributed by atoms with Crippen molar-refractivity contribution in [3.63, 3.8) is 0 Å². The summed E-state index contributed by atoms with van der Waals surface area (Å²) in [6, 6.07) is 8.55. The van der Waals surface area contributed by atoms with Gasteiger partial charge in [-0.05, 0) is 49.3 Å². The topological polar surface area (TPSA) is 78.4 Å². The molecule has 1 saturated heterocycles. The maximum absolute atomic E-state index is 12.5. The number of nitrogens with one attached hydrogen (secondary N) is 1. The summed E-state index contributed by atoms with van der Waals surface area (Å²) in [6.07, 6.45) is 5.95. The van der Waals surface area contributed by atoms with E-state index in [4.69, 9.17) is 0 Å². The molecular weight excluding hydrogens is 390 g/mol. The van der Waals surface area contributed by atoms with Crippen molar-refractivity contribution in [3.05, 3.63) is 41.6 Å². The zero-order valence-electron chi connectivity index (χ0n) is 18.6. The lowest BCUT2D eigenvalue weighted by molar-refractivity contribution is -0.129. The monoisotopic (exact) mass is 421 g/mol. The summed E-state index contributed by atoms with van der Waals surface area (Å²) in [4.78, 5) is 36.9. The number of hydrogen-bond acceptors (Lipinski definition) is 5. The van der Waals surface area contributed by atoms with Crippen LogP contribution < -0.4 is 10.2 Å². The SMILES string of the molecule is CCC(CC)N1C(=O)Cc2cnc(Nc3ccc(C4CCN(C(C)=O)CC4)cc3)nc21. The van der Waals surface area contributed by atoms with E-state index in [1.165, 1.54) is 5.56 Å². The molecule has 0 radical (unpaired) electrons. The number of anilines is 3. The molecule has 2 aromatic rings. The van der Waals surface area contributed by atoms with Crippen molar-refractivity contribution in [1.82, 2.24) is 14.9 Å². The molecule has 0 saturated carbocycles. The Morgan fingerprint density at radius 3 is 2.45 bits per heavy atom. The Kier molecular flexibility index (Phi) is 6.20. The van der Waals surface area contributed by atoms with Crippen LogP contribution in [0.15, 0.2) is 30.5 Å². The van der Waals surface area contributed by atoms with Gasteiger partial charge in [0, 0.05) is 43.5 Å². The standard InChI is InChI=1S/C24H31N5O2/c1-4-21(5-2)29-22(31)14-19-15-25-24(27-23(19)29)26-20-8-6-17(7-9-20)18-10-12-28(13-11-18)16(3)30/h6-9,15,18,21H,4-5,10-14H2,1-3H3,(H,25,26,27). The van der Waals surface area contributed by atoms with E-state index in [2.05, 4.69) is 41.3 Å². The molecule has 0 bridgehead atoms. The molecule has 0 aliphatic carbocycles. The van der Waals surface area contributed by atoms with Crippen molar-refractivity contribution in [3.8, 4) is 0 Å². The summed E-state index contributed by atoms with van der Waals surface area (Å²) in [5, 5.41) is 3.28. The molecule has 2 amide bonds. The van der Waals surface area contributed by atoms with Gasteiger partial charge in [-0.15, -0.1) is 0 Å². The van der Waals surface area contributed by atoms with E-state index >= 15 is 0 Å². The van der Waals surface area contributed by atoms with Crippen LogP contribution in [0.3, 0.4) is 0 Å². The van der Waals surface area contributed by atoms with E-state index in [1.807, 2.05) is 21.9 Å². The van der Waals surface area contributed by atoms with Crippen LogP contribution in [0.2, 0.25) is 0 Å². The molecule has 3 heterocycles. The first kappa shape index (κ1) is 21.3. The van der Waals surface area contributed by atoms with Gasteiger partial charge >= 0.3 is 0 Å². The predicted molar refractivity (Wildman–Crippen MR) is 122 cm³/mol. The summed E-state index contributed by atoms with van der Waals surface area (Å²) in [7, 11) is 0. The van der Waals surface area contributed by atoms with Gasteiger partial charge in [-0.3, -0.25) is 14.5 Å². The highest BCUT2D eigenvalue weighted by Gasteiger charge is 2.33. The van der Waals surface area contributed by atoms with Crippen molar-refractivity contribution in [2.24, 2.45) is 0 Å². The number of likely N-dealkylation sites (tertiary alicyclic amines) is 1. The molecule has 1 fully saturated rings. The van der Waals surface area contributed by atoms with E-state index in [-0.39, 0.29) is 17.9 Å². The number of carbonyl (C=O) groups excluding carboxylic acids is 2. The molecule has 7 nitrogen and oxygen atoms in total. The first-order valence-electron chi connectivity index (χ1n) is 11.3. The number of carbonyl (C=O) groups is 2. The number of nitrogens with zero attached hydrogens (tertiary/aromatic N) is 4. The second-order valence-corrected chi connectivity index (χ2v) is 8.48. The number of benzene rings is 1. The van der Waals surface area contributed by atoms with Gasteiger partial charge in [0.15, 0.2) is 0 Å². The van der Waals surface area contributed by atoms with Gasteiger partial charge in [0.2, 0.25) is 17.8 Å². The molecule has 0 unspecified atom stereocenters. The molecule has 7 heteroatoms. The van der Waals surface area contributed by atoms with E-state index in [0.717, 1.165) is 55.8 Å². The number of amides is 2. The lowest BCUT2D eigenvalue weighted by atomic mass is 9.89. The number of rotatable bonds is 6. The normalized spacial score (nSPS) is 16.7. The number of fused-ring (bicyclic) bond motifs is 1. The average Bonchev–Trinajstić information content (AvgIpc) is 3.11. The highest BCUT2D eigenvalue weighted by atomic mass is 16.2. The van der Waals surface area contributed by atoms with Gasteiger partial charge in [0.05, 0.1) is 6.42 Å². The van der Waals surface area contributed by atoms with Crippen LogP contribution in [0, 0.1) is 0 Å². The van der Waals surface area contributed by atoms with E-state index in [0.29, 0.717) is 18.3 Å². The first-order valence-corrected chi connectivity index (χ1v) is 11.3. The molecule has 0 spiro atoms. The highest BCUT2D eigenvalue weighted by molar-refractivity contribution is 6.00. The van der Waals surface area contributed by atoms with Gasteiger partial charge in [0.1, 0.15) is 5.82 Å². The van der Waals surface area contributed by atoms with Gasteiger partial charge in [0.25, 0.3) is 0 Å². The Hall–Kier alpha value is -2.96. The Bertz CT molecular complexity index is 947. The summed E-state index contributed by atoms with van der Waals surface area (Å²) in [6.45, 7) is 7.50. The Labute approximate surface area is 183 Å². The summed E-state index contributed by atoms with van der Waals surface area (Å²) in [5.41, 5.74) is 3.12. The molecule has 2 aliphatic rings. The average molecular weight is 422 g/mol. The molecule has 31 heavy (non-hydrogen) atoms. The molecule has 1 aromatic carbocycles. The third-order valence-corrected chi connectivity index (χ3v) is 6.57. The van der Waals surface area contributed by atoms with E-state index in [1.54, 1.807) is 13.1 Å². The quantitative estimate of drug-likeness (QED) is 0.762. The Morgan fingerprint density at radius 2 is 1.84 bits per heavy atom. The molecular formula is C24H31N5O2. The minimum absolute atomic E-state index is 0.107. The van der Waals surface area contributed by atoms with Crippen molar-refractivity contribution < 1.29 is 9.59 Å². The van der Waals surface area contributed by atoms with Crippen LogP contribution in [0.4, 0.5) is 17.5 Å². The van der Waals surface area contributed by atoms with Crippen molar-refractivity contribution in [2.75, 3.05) is 23.3 Å². The first-order chi connectivity index (χ1) is 15.0. The van der Waals surface area contributed by atoms with Crippen LogP contribution in [0.25, 0.3) is 0 Å². The number of piperidine rings is 1. The largest absolute Gasteiger partial charge is 0.343 e. The molecule has 2 aliphatic heterocycles. The Balaban J connectivity index is 1.45. The zero-order chi connectivity index (χ0) is 22.0. The highest BCUT2D eigenvalue weighted by Crippen LogP contribution is 2.32. The second-order valence-electron chi connectivity index (χ2n) is 8.48. The lowest BCUT2D eigenvalue weighted by Gasteiger charge is -2.31. The lowest BCUT2D eigenvalue weighted by Crippen LogP contribution is -2.37. The minimum atomic E-state index is 0.107. The maximum atomic E-state index is 12.5. The summed E-state index contributed by atoms with van der Waals surface area (Å²) < 4.78 is 0. The van der Waals surface area contributed by atoms with Crippen LogP contribution >= 0.6 is 0 Å². The number of aromatic nitrogens is 2. The minimum Gasteiger partial charge on any atom is -0.343 e. The van der Waals surface area contributed by atoms with Crippen LogP contribution in [-0.4, -0.2) is 45.8 Å². The molecule has 1 aromatic heterocycles. The molecule has 1 N–H and O–H groups in total. The van der Waals surface area contributed by atoms with Gasteiger partial charge < -0.3 is 10.2 Å². The van der Waals surface area contributed by atoms with E-state index < -0.39 is 0 Å². The van der Waals surface area contributed by atoms with E-state index in [9.17, 15) is 9.59 Å². The van der Waals surface area contributed by atoms with Crippen LogP contribution in [-0.2, 0) is 16.0 Å². The summed E-state index contributed by atoms with van der Waals surface area (Å²) in [5.74, 6) is 2.00.